The average Bonchev–Trinajstić information content (AvgIpc) is 2.68. The summed E-state index contributed by atoms with van der Waals surface area (Å²) >= 11 is 0. The van der Waals surface area contributed by atoms with Gasteiger partial charge in [-0.15, -0.1) is 0 Å². The van der Waals surface area contributed by atoms with Gasteiger partial charge in [-0.3, -0.25) is 9.59 Å². The van der Waals surface area contributed by atoms with E-state index < -0.39 is 18.1 Å². The Morgan fingerprint density at radius 3 is 1.85 bits per heavy atom. The molecule has 0 aliphatic heterocycles. The van der Waals surface area contributed by atoms with Gasteiger partial charge in [0, 0.05) is 23.1 Å². The lowest BCUT2D eigenvalue weighted by Gasteiger charge is -2.15. The van der Waals surface area contributed by atoms with Crippen LogP contribution in [0.5, 0.6) is 0 Å². The highest BCUT2D eigenvalue weighted by Crippen LogP contribution is 2.26. The maximum Gasteiger partial charge on any atom is 0.313 e. The van der Waals surface area contributed by atoms with Gasteiger partial charge in [-0.25, -0.2) is 0 Å². The third-order valence-electron chi connectivity index (χ3n) is 4.02. The molecular weight excluding hydrogens is 334 g/mol. The van der Waals surface area contributed by atoms with E-state index in [0.29, 0.717) is 11.1 Å². The summed E-state index contributed by atoms with van der Waals surface area (Å²) in [5.74, 6) is -5.02. The smallest absolute Gasteiger partial charge is 0.289 e. The zero-order valence-electron chi connectivity index (χ0n) is 13.9. The molecular formula is C22H16F2O2. The topological polar surface area (TPSA) is 34.1 Å². The SMILES string of the molecule is O=C(c1ccccc1)c1cccc(CC(F)(F)C(=O)c2ccccc2)c1. The van der Waals surface area contributed by atoms with E-state index in [1.807, 2.05) is 0 Å². The number of carbonyl (C=O) groups excluding carboxylic acids is 2. The monoisotopic (exact) mass is 350 g/mol. The maximum atomic E-state index is 14.4. The minimum atomic E-state index is -3.55. The van der Waals surface area contributed by atoms with Crippen molar-refractivity contribution in [3.05, 3.63) is 107 Å². The van der Waals surface area contributed by atoms with E-state index >= 15 is 0 Å². The molecule has 4 heteroatoms. The fourth-order valence-electron chi connectivity index (χ4n) is 2.72. The summed E-state index contributed by atoms with van der Waals surface area (Å²) in [5.41, 5.74) is 1.00. The van der Waals surface area contributed by atoms with Crippen LogP contribution >= 0.6 is 0 Å². The van der Waals surface area contributed by atoms with Crippen molar-refractivity contribution in [1.82, 2.24) is 0 Å². The molecule has 2 nitrogen and oxygen atoms in total. The summed E-state index contributed by atoms with van der Waals surface area (Å²) in [5, 5.41) is 0. The van der Waals surface area contributed by atoms with Crippen LogP contribution in [0.2, 0.25) is 0 Å². The molecule has 0 bridgehead atoms. The van der Waals surface area contributed by atoms with Crippen molar-refractivity contribution in [1.29, 1.82) is 0 Å². The molecule has 0 aliphatic carbocycles. The van der Waals surface area contributed by atoms with Crippen LogP contribution in [0.3, 0.4) is 0 Å². The zero-order valence-corrected chi connectivity index (χ0v) is 13.9. The fourth-order valence-corrected chi connectivity index (χ4v) is 2.72. The lowest BCUT2D eigenvalue weighted by Crippen LogP contribution is -2.31. The predicted octanol–water partition coefficient (Wildman–Crippen LogP) is 4.98. The summed E-state index contributed by atoms with van der Waals surface area (Å²) in [6.45, 7) is 0. The molecule has 26 heavy (non-hydrogen) atoms. The van der Waals surface area contributed by atoms with Crippen molar-refractivity contribution in [3.63, 3.8) is 0 Å². The predicted molar refractivity (Wildman–Crippen MR) is 95.7 cm³/mol. The molecule has 3 aromatic rings. The molecule has 0 N–H and O–H groups in total. The maximum absolute atomic E-state index is 14.4. The molecule has 130 valence electrons. The minimum absolute atomic E-state index is 0.0333. The molecule has 0 saturated carbocycles. The molecule has 0 amide bonds. The minimum Gasteiger partial charge on any atom is -0.289 e. The normalized spacial score (nSPS) is 11.2. The van der Waals surface area contributed by atoms with Gasteiger partial charge >= 0.3 is 5.92 Å². The lowest BCUT2D eigenvalue weighted by atomic mass is 9.96. The van der Waals surface area contributed by atoms with Crippen LogP contribution in [0.4, 0.5) is 8.78 Å². The van der Waals surface area contributed by atoms with Crippen LogP contribution in [0.15, 0.2) is 84.9 Å². The van der Waals surface area contributed by atoms with Crippen molar-refractivity contribution in [3.8, 4) is 0 Å². The molecule has 3 rings (SSSR count). The van der Waals surface area contributed by atoms with Gasteiger partial charge in [0.1, 0.15) is 0 Å². The summed E-state index contributed by atoms with van der Waals surface area (Å²) in [6, 6.07) is 22.1. The van der Waals surface area contributed by atoms with Gasteiger partial charge in [-0.05, 0) is 11.6 Å². The number of alkyl halides is 2. The molecule has 0 atom stereocenters. The zero-order chi connectivity index (χ0) is 18.6. The highest BCUT2D eigenvalue weighted by atomic mass is 19.3. The first-order chi connectivity index (χ1) is 12.5. The van der Waals surface area contributed by atoms with E-state index in [1.54, 1.807) is 60.7 Å². The van der Waals surface area contributed by atoms with E-state index in [0.717, 1.165) is 0 Å². The molecule has 0 unspecified atom stereocenters. The summed E-state index contributed by atoms with van der Waals surface area (Å²) in [4.78, 5) is 24.6. The number of hydrogen-bond acceptors (Lipinski definition) is 2. The summed E-state index contributed by atoms with van der Waals surface area (Å²) < 4.78 is 28.8. The second-order valence-corrected chi connectivity index (χ2v) is 5.97. The van der Waals surface area contributed by atoms with Crippen LogP contribution in [-0.2, 0) is 6.42 Å². The quantitative estimate of drug-likeness (QED) is 0.588. The standard InChI is InChI=1S/C22H16F2O2/c23-22(24,21(26)18-11-5-2-6-12-18)15-16-8-7-13-19(14-16)20(25)17-9-3-1-4-10-17/h1-14H,15H2. The number of halogens is 2. The highest BCUT2D eigenvalue weighted by molar-refractivity contribution is 6.09. The van der Waals surface area contributed by atoms with E-state index in [-0.39, 0.29) is 16.9 Å². The Labute approximate surface area is 150 Å². The fraction of sp³-hybridized carbons (Fsp3) is 0.0909. The number of rotatable bonds is 6. The van der Waals surface area contributed by atoms with Crippen LogP contribution in [0, 0.1) is 0 Å². The first-order valence-electron chi connectivity index (χ1n) is 8.14. The number of ketones is 2. The third kappa shape index (κ3) is 3.91. The Morgan fingerprint density at radius 1 is 0.692 bits per heavy atom. The van der Waals surface area contributed by atoms with Crippen LogP contribution in [0.1, 0.15) is 31.8 Å². The van der Waals surface area contributed by atoms with E-state index in [9.17, 15) is 18.4 Å². The first kappa shape index (κ1) is 17.7. The number of hydrogen-bond donors (Lipinski definition) is 0. The van der Waals surface area contributed by atoms with E-state index in [4.69, 9.17) is 0 Å². The van der Waals surface area contributed by atoms with Gasteiger partial charge in [-0.2, -0.15) is 8.78 Å². The molecule has 0 heterocycles. The molecule has 0 spiro atoms. The van der Waals surface area contributed by atoms with Gasteiger partial charge in [-0.1, -0.05) is 78.9 Å². The lowest BCUT2D eigenvalue weighted by molar-refractivity contribution is 0.0106. The van der Waals surface area contributed by atoms with Crippen molar-refractivity contribution in [2.45, 2.75) is 12.3 Å². The summed E-state index contributed by atoms with van der Waals surface area (Å²) in [7, 11) is 0. The van der Waals surface area contributed by atoms with Gasteiger partial charge < -0.3 is 0 Å². The highest BCUT2D eigenvalue weighted by Gasteiger charge is 2.39. The summed E-state index contributed by atoms with van der Waals surface area (Å²) in [6.07, 6.45) is -0.753. The average molecular weight is 350 g/mol. The molecule has 0 aromatic heterocycles. The molecule has 3 aromatic carbocycles. The van der Waals surface area contributed by atoms with E-state index in [1.165, 1.54) is 24.3 Å². The van der Waals surface area contributed by atoms with Crippen molar-refractivity contribution in [2.75, 3.05) is 0 Å². The van der Waals surface area contributed by atoms with Crippen molar-refractivity contribution in [2.24, 2.45) is 0 Å². The number of benzene rings is 3. The molecule has 0 radical (unpaired) electrons. The van der Waals surface area contributed by atoms with Gasteiger partial charge in [0.15, 0.2) is 5.78 Å². The van der Waals surface area contributed by atoms with Gasteiger partial charge in [0.05, 0.1) is 0 Å². The second kappa shape index (κ2) is 7.40. The Balaban J connectivity index is 1.82. The number of Topliss-reactive ketones (excluding diaryl/α,β-unsaturated/α-hetero) is 1. The molecule has 0 fully saturated rings. The van der Waals surface area contributed by atoms with Crippen LogP contribution < -0.4 is 0 Å². The Hall–Kier alpha value is -3.14. The van der Waals surface area contributed by atoms with E-state index in [2.05, 4.69) is 0 Å². The first-order valence-corrected chi connectivity index (χ1v) is 8.14. The second-order valence-electron chi connectivity index (χ2n) is 5.97. The van der Waals surface area contributed by atoms with Gasteiger partial charge in [0.25, 0.3) is 0 Å². The van der Waals surface area contributed by atoms with Crippen molar-refractivity contribution < 1.29 is 18.4 Å². The van der Waals surface area contributed by atoms with Crippen LogP contribution in [0.25, 0.3) is 0 Å². The largest absolute Gasteiger partial charge is 0.313 e. The molecule has 0 aliphatic rings. The van der Waals surface area contributed by atoms with Crippen LogP contribution in [-0.4, -0.2) is 17.5 Å². The Kier molecular flexibility index (Phi) is 5.03. The van der Waals surface area contributed by atoms with Crippen molar-refractivity contribution >= 4 is 11.6 Å². The third-order valence-corrected chi connectivity index (χ3v) is 4.02. The Morgan fingerprint density at radius 2 is 1.23 bits per heavy atom. The number of carbonyl (C=O) groups is 2. The molecule has 0 saturated heterocycles. The Bertz CT molecular complexity index is 919. The van der Waals surface area contributed by atoms with Gasteiger partial charge in [0.2, 0.25) is 5.78 Å².